The van der Waals surface area contributed by atoms with Crippen LogP contribution in [0.5, 0.6) is 0 Å². The van der Waals surface area contributed by atoms with Gasteiger partial charge in [0, 0.05) is 5.56 Å². The minimum atomic E-state index is 0.0359. The molecule has 5 heteroatoms. The highest BCUT2D eigenvalue weighted by atomic mass is 16.5. The minimum absolute atomic E-state index is 0.0359. The summed E-state index contributed by atoms with van der Waals surface area (Å²) >= 11 is 0. The number of aliphatic hydroxyl groups excluding tert-OH is 1. The van der Waals surface area contributed by atoms with E-state index < -0.39 is 0 Å². The van der Waals surface area contributed by atoms with Crippen LogP contribution in [0.25, 0.3) is 11.1 Å². The first-order valence-electron chi connectivity index (χ1n) is 7.75. The molecular weight excluding hydrogens is 278 g/mol. The van der Waals surface area contributed by atoms with E-state index in [1.54, 1.807) is 6.07 Å². The monoisotopic (exact) mass is 303 g/mol. The van der Waals surface area contributed by atoms with E-state index in [1.807, 2.05) is 26.0 Å². The number of anilines is 2. The lowest BCUT2D eigenvalue weighted by atomic mass is 9.98. The topological polar surface area (TPSA) is 98.3 Å². The Morgan fingerprint density at radius 2 is 1.77 bits per heavy atom. The van der Waals surface area contributed by atoms with Gasteiger partial charge in [0.05, 0.1) is 23.2 Å². The summed E-state index contributed by atoms with van der Waals surface area (Å²) in [6.45, 7) is 3.78. The van der Waals surface area contributed by atoms with Crippen molar-refractivity contribution in [2.45, 2.75) is 52.1 Å². The Balaban J connectivity index is 0.000000211. The summed E-state index contributed by atoms with van der Waals surface area (Å²) in [6, 6.07) is 5.54. The average Bonchev–Trinajstić information content (AvgIpc) is 2.83. The lowest BCUT2D eigenvalue weighted by Crippen LogP contribution is -2.09. The molecule has 22 heavy (non-hydrogen) atoms. The molecule has 1 aliphatic rings. The zero-order valence-electron chi connectivity index (χ0n) is 13.3. The maximum atomic E-state index is 8.91. The van der Waals surface area contributed by atoms with Crippen LogP contribution in [0.4, 0.5) is 11.4 Å². The van der Waals surface area contributed by atoms with Gasteiger partial charge in [0.25, 0.3) is 0 Å². The molecule has 0 unspecified atom stereocenters. The van der Waals surface area contributed by atoms with E-state index in [4.69, 9.17) is 21.1 Å². The van der Waals surface area contributed by atoms with E-state index in [0.717, 1.165) is 35.4 Å². The number of rotatable bonds is 1. The van der Waals surface area contributed by atoms with Crippen molar-refractivity contribution in [3.8, 4) is 11.1 Å². The molecule has 1 heterocycles. The van der Waals surface area contributed by atoms with Gasteiger partial charge in [-0.05, 0) is 44.4 Å². The number of hydrogen-bond acceptors (Lipinski definition) is 5. The molecule has 0 spiro atoms. The molecule has 0 saturated heterocycles. The molecule has 0 atom stereocenters. The first kappa shape index (κ1) is 16.4. The molecule has 0 bridgehead atoms. The average molecular weight is 303 g/mol. The van der Waals surface area contributed by atoms with Crippen LogP contribution in [0.1, 0.15) is 43.6 Å². The van der Waals surface area contributed by atoms with E-state index in [-0.39, 0.29) is 6.10 Å². The van der Waals surface area contributed by atoms with Crippen LogP contribution in [0, 0.1) is 13.8 Å². The number of aryl methyl sites for hydroxylation is 2. The van der Waals surface area contributed by atoms with Gasteiger partial charge in [0.2, 0.25) is 0 Å². The van der Waals surface area contributed by atoms with Crippen LogP contribution >= 0.6 is 0 Å². The van der Waals surface area contributed by atoms with Crippen LogP contribution in [0.2, 0.25) is 0 Å². The van der Waals surface area contributed by atoms with E-state index in [2.05, 4.69) is 5.16 Å². The summed E-state index contributed by atoms with van der Waals surface area (Å²) in [6.07, 6.45) is 5.92. The third kappa shape index (κ3) is 4.01. The van der Waals surface area contributed by atoms with Gasteiger partial charge >= 0.3 is 0 Å². The van der Waals surface area contributed by atoms with Crippen LogP contribution in [0.15, 0.2) is 22.7 Å². The van der Waals surface area contributed by atoms with Crippen molar-refractivity contribution in [1.82, 2.24) is 5.16 Å². The maximum absolute atomic E-state index is 8.91. The van der Waals surface area contributed by atoms with Crippen LogP contribution < -0.4 is 11.5 Å². The minimum Gasteiger partial charge on any atom is -0.397 e. The van der Waals surface area contributed by atoms with Crippen molar-refractivity contribution in [1.29, 1.82) is 0 Å². The second-order valence-corrected chi connectivity index (χ2v) is 5.83. The number of aliphatic hydroxyl groups is 1. The van der Waals surface area contributed by atoms with Gasteiger partial charge in [-0.15, -0.1) is 0 Å². The van der Waals surface area contributed by atoms with Crippen molar-refractivity contribution in [3.05, 3.63) is 29.7 Å². The van der Waals surface area contributed by atoms with Crippen LogP contribution in [-0.2, 0) is 0 Å². The van der Waals surface area contributed by atoms with Gasteiger partial charge in [-0.1, -0.05) is 30.5 Å². The lowest BCUT2D eigenvalue weighted by molar-refractivity contribution is 0.130. The summed E-state index contributed by atoms with van der Waals surface area (Å²) in [5.41, 5.74) is 15.4. The van der Waals surface area contributed by atoms with Crippen molar-refractivity contribution in [2.75, 3.05) is 11.5 Å². The Labute approximate surface area is 131 Å². The van der Waals surface area contributed by atoms with E-state index in [9.17, 15) is 0 Å². The zero-order chi connectivity index (χ0) is 16.1. The Kier molecular flexibility index (Phi) is 5.44. The Morgan fingerprint density at radius 3 is 2.23 bits per heavy atom. The molecule has 0 radical (unpaired) electrons. The fourth-order valence-corrected chi connectivity index (χ4v) is 2.71. The standard InChI is InChI=1S/C11H13N3O.C6H12O/c1-6-11(7(2)15-14-6)8-3-4-9(12)10(13)5-8;7-6-4-2-1-3-5-6/h3-5H,12-13H2,1-2H3;6-7H,1-5H2. The van der Waals surface area contributed by atoms with Gasteiger partial charge in [-0.25, -0.2) is 0 Å². The molecule has 120 valence electrons. The van der Waals surface area contributed by atoms with Crippen LogP contribution in [0.3, 0.4) is 0 Å². The largest absolute Gasteiger partial charge is 0.397 e. The number of nitrogens with zero attached hydrogens (tertiary/aromatic N) is 1. The third-order valence-electron chi connectivity index (χ3n) is 3.98. The number of benzene rings is 1. The third-order valence-corrected chi connectivity index (χ3v) is 3.98. The maximum Gasteiger partial charge on any atom is 0.141 e. The van der Waals surface area contributed by atoms with Crippen molar-refractivity contribution in [3.63, 3.8) is 0 Å². The quantitative estimate of drug-likeness (QED) is 0.701. The second-order valence-electron chi connectivity index (χ2n) is 5.83. The Bertz CT molecular complexity index is 597. The predicted octanol–water partition coefficient (Wildman–Crippen LogP) is 3.43. The molecule has 2 aromatic rings. The fraction of sp³-hybridized carbons (Fsp3) is 0.471. The van der Waals surface area contributed by atoms with Crippen molar-refractivity contribution < 1.29 is 9.63 Å². The molecule has 1 aromatic heterocycles. The molecule has 1 aliphatic carbocycles. The number of hydrogen-bond donors (Lipinski definition) is 3. The SMILES string of the molecule is Cc1noc(C)c1-c1ccc(N)c(N)c1.OC1CCCCC1. The molecule has 1 aromatic carbocycles. The molecule has 5 N–H and O–H groups in total. The first-order chi connectivity index (χ1) is 10.5. The van der Waals surface area contributed by atoms with E-state index in [1.165, 1.54) is 19.3 Å². The highest BCUT2D eigenvalue weighted by Crippen LogP contribution is 2.30. The summed E-state index contributed by atoms with van der Waals surface area (Å²) in [5, 5.41) is 12.8. The summed E-state index contributed by atoms with van der Waals surface area (Å²) in [4.78, 5) is 0. The highest BCUT2D eigenvalue weighted by Gasteiger charge is 2.11. The van der Waals surface area contributed by atoms with E-state index >= 15 is 0 Å². The number of aromatic nitrogens is 1. The van der Waals surface area contributed by atoms with Gasteiger partial charge in [-0.3, -0.25) is 0 Å². The van der Waals surface area contributed by atoms with Gasteiger partial charge in [0.15, 0.2) is 0 Å². The normalized spacial score (nSPS) is 15.2. The van der Waals surface area contributed by atoms with E-state index in [0.29, 0.717) is 11.4 Å². The van der Waals surface area contributed by atoms with Gasteiger partial charge < -0.3 is 21.1 Å². The molecule has 3 rings (SSSR count). The fourth-order valence-electron chi connectivity index (χ4n) is 2.71. The predicted molar refractivity (Wildman–Crippen MR) is 89.3 cm³/mol. The van der Waals surface area contributed by atoms with Crippen molar-refractivity contribution in [2.24, 2.45) is 0 Å². The van der Waals surface area contributed by atoms with Gasteiger partial charge in [-0.2, -0.15) is 0 Å². The van der Waals surface area contributed by atoms with Crippen molar-refractivity contribution >= 4 is 11.4 Å². The van der Waals surface area contributed by atoms with Crippen LogP contribution in [-0.4, -0.2) is 16.4 Å². The zero-order valence-corrected chi connectivity index (χ0v) is 13.3. The summed E-state index contributed by atoms with van der Waals surface area (Å²) < 4.78 is 5.10. The molecule has 0 amide bonds. The molecule has 1 saturated carbocycles. The summed E-state index contributed by atoms with van der Waals surface area (Å²) in [7, 11) is 0. The van der Waals surface area contributed by atoms with Gasteiger partial charge in [0.1, 0.15) is 5.76 Å². The number of nitrogen functional groups attached to an aromatic ring is 2. The molecule has 5 nitrogen and oxygen atoms in total. The lowest BCUT2D eigenvalue weighted by Gasteiger charge is -2.14. The highest BCUT2D eigenvalue weighted by molar-refractivity contribution is 5.76. The Morgan fingerprint density at radius 1 is 1.09 bits per heavy atom. The summed E-state index contributed by atoms with van der Waals surface area (Å²) in [5.74, 6) is 0.789. The molecule has 0 aliphatic heterocycles. The molecule has 1 fully saturated rings. The second kappa shape index (κ2) is 7.31. The first-order valence-corrected chi connectivity index (χ1v) is 7.75. The molecular formula is C17H25N3O2. The number of nitrogens with two attached hydrogens (primary N) is 2. The Hall–Kier alpha value is -2.01. The smallest absolute Gasteiger partial charge is 0.141 e.